The fraction of sp³-hybridized carbons (Fsp3) is 1.00. The van der Waals surface area contributed by atoms with Crippen LogP contribution in [0.2, 0.25) is 0 Å². The van der Waals surface area contributed by atoms with Gasteiger partial charge < -0.3 is 10.1 Å². The summed E-state index contributed by atoms with van der Waals surface area (Å²) in [6.07, 6.45) is 10.2. The third-order valence-electron chi connectivity index (χ3n) is 6.54. The van der Waals surface area contributed by atoms with Gasteiger partial charge in [-0.25, -0.2) is 0 Å². The number of hydrogen-bond acceptors (Lipinski definition) is 3. The molecule has 21 heavy (non-hydrogen) atoms. The lowest BCUT2D eigenvalue weighted by atomic mass is 9.86. The van der Waals surface area contributed by atoms with Crippen LogP contribution < -0.4 is 5.32 Å². The highest BCUT2D eigenvalue weighted by Crippen LogP contribution is 2.43. The summed E-state index contributed by atoms with van der Waals surface area (Å²) in [7, 11) is 0. The number of piperazine rings is 1. The molecule has 2 heterocycles. The van der Waals surface area contributed by atoms with E-state index in [1.165, 1.54) is 58.0 Å². The molecule has 0 aromatic heterocycles. The Morgan fingerprint density at radius 2 is 1.90 bits per heavy atom. The minimum atomic E-state index is 0.433. The van der Waals surface area contributed by atoms with E-state index in [0.29, 0.717) is 23.7 Å². The summed E-state index contributed by atoms with van der Waals surface area (Å²) < 4.78 is 6.16. The van der Waals surface area contributed by atoms with Gasteiger partial charge in [0.25, 0.3) is 0 Å². The molecule has 2 saturated carbocycles. The van der Waals surface area contributed by atoms with E-state index in [4.69, 9.17) is 4.74 Å². The van der Waals surface area contributed by atoms with Gasteiger partial charge in [0.1, 0.15) is 0 Å². The third kappa shape index (κ3) is 2.66. The van der Waals surface area contributed by atoms with Gasteiger partial charge in [0.2, 0.25) is 0 Å². The summed E-state index contributed by atoms with van der Waals surface area (Å²) in [4.78, 5) is 2.89. The van der Waals surface area contributed by atoms with Crippen LogP contribution in [0.4, 0.5) is 0 Å². The maximum atomic E-state index is 6.16. The first-order valence-electron chi connectivity index (χ1n) is 9.31. The molecular weight excluding hydrogens is 260 g/mol. The van der Waals surface area contributed by atoms with E-state index in [9.17, 15) is 0 Å². The van der Waals surface area contributed by atoms with Crippen molar-refractivity contribution in [1.29, 1.82) is 0 Å². The van der Waals surface area contributed by atoms with Crippen molar-refractivity contribution in [2.75, 3.05) is 19.7 Å². The SMILES string of the molecule is CC(C)C1CNC2(CCCC2)CN1C1CCOC1C1CC1. The molecule has 3 unspecified atom stereocenters. The normalized spacial score (nSPS) is 40.4. The van der Waals surface area contributed by atoms with Gasteiger partial charge in [-0.1, -0.05) is 26.7 Å². The zero-order chi connectivity index (χ0) is 14.4. The Morgan fingerprint density at radius 1 is 1.14 bits per heavy atom. The molecule has 0 amide bonds. The van der Waals surface area contributed by atoms with Gasteiger partial charge in [-0.15, -0.1) is 0 Å². The van der Waals surface area contributed by atoms with Crippen molar-refractivity contribution in [3.05, 3.63) is 0 Å². The second-order valence-electron chi connectivity index (χ2n) is 8.38. The highest BCUT2D eigenvalue weighted by Gasteiger charge is 2.49. The van der Waals surface area contributed by atoms with Crippen LogP contribution in [-0.2, 0) is 4.74 Å². The molecule has 0 aromatic carbocycles. The lowest BCUT2D eigenvalue weighted by Gasteiger charge is -2.51. The van der Waals surface area contributed by atoms with E-state index in [-0.39, 0.29) is 0 Å². The number of hydrogen-bond donors (Lipinski definition) is 1. The summed E-state index contributed by atoms with van der Waals surface area (Å²) >= 11 is 0. The van der Waals surface area contributed by atoms with Crippen LogP contribution in [0, 0.1) is 11.8 Å². The van der Waals surface area contributed by atoms with Crippen molar-refractivity contribution < 1.29 is 4.74 Å². The van der Waals surface area contributed by atoms with Gasteiger partial charge in [0, 0.05) is 37.3 Å². The van der Waals surface area contributed by atoms with Gasteiger partial charge in [-0.05, 0) is 43.9 Å². The summed E-state index contributed by atoms with van der Waals surface area (Å²) in [5.74, 6) is 1.61. The largest absolute Gasteiger partial charge is 0.376 e. The molecule has 2 aliphatic heterocycles. The van der Waals surface area contributed by atoms with E-state index in [1.807, 2.05) is 0 Å². The molecule has 4 rings (SSSR count). The van der Waals surface area contributed by atoms with Gasteiger partial charge in [-0.2, -0.15) is 0 Å². The molecule has 0 radical (unpaired) electrons. The maximum absolute atomic E-state index is 6.16. The van der Waals surface area contributed by atoms with E-state index in [1.54, 1.807) is 0 Å². The fourth-order valence-electron chi connectivity index (χ4n) is 5.16. The van der Waals surface area contributed by atoms with E-state index < -0.39 is 0 Å². The maximum Gasteiger partial charge on any atom is 0.0759 e. The Bertz CT molecular complexity index is 373. The standard InChI is InChI=1S/C18H32N2O/c1-13(2)16-11-19-18(8-3-4-9-18)12-20(16)15-7-10-21-17(15)14-5-6-14/h13-17,19H,3-12H2,1-2H3. The zero-order valence-corrected chi connectivity index (χ0v) is 13.8. The highest BCUT2D eigenvalue weighted by atomic mass is 16.5. The molecule has 4 aliphatic rings. The molecule has 1 N–H and O–H groups in total. The van der Waals surface area contributed by atoms with Crippen LogP contribution in [-0.4, -0.2) is 48.3 Å². The number of rotatable bonds is 3. The smallest absolute Gasteiger partial charge is 0.0759 e. The van der Waals surface area contributed by atoms with Crippen molar-refractivity contribution in [2.24, 2.45) is 11.8 Å². The second-order valence-corrected chi connectivity index (χ2v) is 8.38. The highest BCUT2D eigenvalue weighted by molar-refractivity contribution is 5.06. The zero-order valence-electron chi connectivity index (χ0n) is 13.8. The number of nitrogens with zero attached hydrogens (tertiary/aromatic N) is 1. The van der Waals surface area contributed by atoms with Crippen LogP contribution in [0.25, 0.3) is 0 Å². The second kappa shape index (κ2) is 5.50. The first kappa shape index (κ1) is 14.5. The summed E-state index contributed by atoms with van der Waals surface area (Å²) in [6, 6.07) is 1.40. The van der Waals surface area contributed by atoms with Gasteiger partial charge in [-0.3, -0.25) is 4.90 Å². The van der Waals surface area contributed by atoms with Crippen LogP contribution in [0.3, 0.4) is 0 Å². The monoisotopic (exact) mass is 292 g/mol. The Kier molecular flexibility index (Phi) is 3.79. The van der Waals surface area contributed by atoms with Crippen LogP contribution >= 0.6 is 0 Å². The molecule has 0 aromatic rings. The Balaban J connectivity index is 1.55. The molecule has 0 bridgehead atoms. The predicted octanol–water partition coefficient (Wildman–Crippen LogP) is 2.80. The minimum absolute atomic E-state index is 0.433. The van der Waals surface area contributed by atoms with Gasteiger partial charge in [0.05, 0.1) is 6.10 Å². The van der Waals surface area contributed by atoms with Crippen LogP contribution in [0.5, 0.6) is 0 Å². The summed E-state index contributed by atoms with van der Waals surface area (Å²) in [5.41, 5.74) is 0.433. The molecular formula is C18H32N2O. The Morgan fingerprint density at radius 3 is 2.57 bits per heavy atom. The topological polar surface area (TPSA) is 24.5 Å². The first-order chi connectivity index (χ1) is 10.2. The molecule has 3 atom stereocenters. The first-order valence-corrected chi connectivity index (χ1v) is 9.31. The van der Waals surface area contributed by atoms with Crippen molar-refractivity contribution >= 4 is 0 Å². The Labute approximate surface area is 129 Å². The molecule has 4 fully saturated rings. The van der Waals surface area contributed by atoms with Gasteiger partial charge >= 0.3 is 0 Å². The quantitative estimate of drug-likeness (QED) is 0.865. The Hall–Kier alpha value is -0.120. The molecule has 1 spiro atoms. The summed E-state index contributed by atoms with van der Waals surface area (Å²) in [5, 5.41) is 3.96. The van der Waals surface area contributed by atoms with Gasteiger partial charge in [0.15, 0.2) is 0 Å². The number of nitrogens with one attached hydrogen (secondary N) is 1. The van der Waals surface area contributed by atoms with Crippen LogP contribution in [0.1, 0.15) is 58.8 Å². The minimum Gasteiger partial charge on any atom is -0.376 e. The van der Waals surface area contributed by atoms with Crippen molar-refractivity contribution in [1.82, 2.24) is 10.2 Å². The average Bonchev–Trinajstić information content (AvgIpc) is 3.03. The fourth-order valence-corrected chi connectivity index (χ4v) is 5.16. The summed E-state index contributed by atoms with van der Waals surface area (Å²) in [6.45, 7) is 8.24. The molecule has 2 aliphatic carbocycles. The third-order valence-corrected chi connectivity index (χ3v) is 6.54. The average molecular weight is 292 g/mol. The molecule has 3 heteroatoms. The lowest BCUT2D eigenvalue weighted by molar-refractivity contribution is -0.0178. The molecule has 3 nitrogen and oxygen atoms in total. The van der Waals surface area contributed by atoms with Crippen molar-refractivity contribution in [3.8, 4) is 0 Å². The lowest BCUT2D eigenvalue weighted by Crippen LogP contribution is -2.67. The van der Waals surface area contributed by atoms with Crippen molar-refractivity contribution in [2.45, 2.75) is 82.5 Å². The molecule has 120 valence electrons. The number of ether oxygens (including phenoxy) is 1. The van der Waals surface area contributed by atoms with E-state index in [0.717, 1.165) is 18.4 Å². The van der Waals surface area contributed by atoms with Crippen LogP contribution in [0.15, 0.2) is 0 Å². The molecule has 2 saturated heterocycles. The van der Waals surface area contributed by atoms with E-state index >= 15 is 0 Å². The van der Waals surface area contributed by atoms with E-state index in [2.05, 4.69) is 24.1 Å². The van der Waals surface area contributed by atoms with Crippen molar-refractivity contribution in [3.63, 3.8) is 0 Å². The predicted molar refractivity (Wildman–Crippen MR) is 85.4 cm³/mol.